The van der Waals surface area contributed by atoms with E-state index in [2.05, 4.69) is 20.7 Å². The van der Waals surface area contributed by atoms with Gasteiger partial charge in [0.15, 0.2) is 0 Å². The first-order valence-corrected chi connectivity index (χ1v) is 7.67. The second kappa shape index (κ2) is 6.88. The van der Waals surface area contributed by atoms with Crippen molar-refractivity contribution in [2.75, 3.05) is 13.1 Å². The largest absolute Gasteiger partial charge is 0.573 e. The minimum atomic E-state index is -4.85. The Morgan fingerprint density at radius 2 is 1.87 bits per heavy atom. The molecule has 2 rings (SSSR count). The van der Waals surface area contributed by atoms with Crippen molar-refractivity contribution in [1.82, 2.24) is 4.90 Å². The van der Waals surface area contributed by atoms with Crippen LogP contribution in [0.15, 0.2) is 22.7 Å². The molecule has 1 aliphatic heterocycles. The van der Waals surface area contributed by atoms with Crippen LogP contribution in [0.2, 0.25) is 0 Å². The number of hydrogen-bond acceptors (Lipinski definition) is 2. The zero-order valence-corrected chi connectivity index (χ0v) is 13.4. The number of nitrogens with zero attached hydrogens (tertiary/aromatic N) is 1. The first kappa shape index (κ1) is 18.4. The van der Waals surface area contributed by atoms with Gasteiger partial charge in [0.2, 0.25) is 0 Å². The van der Waals surface area contributed by atoms with Gasteiger partial charge in [-0.05, 0) is 37.6 Å². The van der Waals surface area contributed by atoms with Gasteiger partial charge in [0.05, 0.1) is 5.92 Å². The van der Waals surface area contributed by atoms with Gasteiger partial charge in [-0.1, -0.05) is 15.9 Å². The van der Waals surface area contributed by atoms with Crippen LogP contribution >= 0.6 is 15.9 Å². The molecule has 0 bridgehead atoms. The number of hydrogen-bond donors (Lipinski definition) is 0. The predicted octanol–water partition coefficient (Wildman–Crippen LogP) is 5.12. The Labute approximate surface area is 137 Å². The van der Waals surface area contributed by atoms with Crippen LogP contribution in [0.5, 0.6) is 5.75 Å². The summed E-state index contributed by atoms with van der Waals surface area (Å²) in [5.74, 6) is -1.84. The molecule has 1 aliphatic rings. The van der Waals surface area contributed by atoms with E-state index in [4.69, 9.17) is 0 Å². The number of alkyl halides is 6. The molecule has 1 saturated heterocycles. The highest BCUT2D eigenvalue weighted by Gasteiger charge is 2.42. The lowest BCUT2D eigenvalue weighted by Gasteiger charge is -2.34. The molecule has 2 nitrogen and oxygen atoms in total. The summed E-state index contributed by atoms with van der Waals surface area (Å²) in [4.78, 5) is 1.51. The summed E-state index contributed by atoms with van der Waals surface area (Å²) in [5.41, 5.74) is 0.194. The number of likely N-dealkylation sites (tertiary alicyclic amines) is 1. The van der Waals surface area contributed by atoms with Crippen molar-refractivity contribution in [2.24, 2.45) is 5.92 Å². The van der Waals surface area contributed by atoms with Crippen LogP contribution in [-0.2, 0) is 6.54 Å². The van der Waals surface area contributed by atoms with E-state index < -0.39 is 24.2 Å². The highest BCUT2D eigenvalue weighted by atomic mass is 79.9. The van der Waals surface area contributed by atoms with E-state index in [0.29, 0.717) is 17.4 Å². The van der Waals surface area contributed by atoms with Gasteiger partial charge in [0, 0.05) is 23.1 Å². The van der Waals surface area contributed by atoms with Crippen LogP contribution in [-0.4, -0.2) is 30.5 Å². The maximum absolute atomic E-state index is 12.8. The average Bonchev–Trinajstić information content (AvgIpc) is 2.40. The highest BCUT2D eigenvalue weighted by Crippen LogP contribution is 2.35. The van der Waals surface area contributed by atoms with Gasteiger partial charge < -0.3 is 4.74 Å². The summed E-state index contributed by atoms with van der Waals surface area (Å²) in [7, 11) is 0. The fraction of sp³-hybridized carbons (Fsp3) is 0.571. The fourth-order valence-corrected chi connectivity index (χ4v) is 3.01. The Hall–Kier alpha value is -0.960. The minimum absolute atomic E-state index is 0.0303. The third-order valence-corrected chi connectivity index (χ3v) is 4.10. The average molecular weight is 406 g/mol. The third kappa shape index (κ3) is 5.56. The van der Waals surface area contributed by atoms with E-state index in [1.807, 2.05) is 0 Å². The predicted molar refractivity (Wildman–Crippen MR) is 74.9 cm³/mol. The van der Waals surface area contributed by atoms with Crippen LogP contribution < -0.4 is 4.74 Å². The topological polar surface area (TPSA) is 12.5 Å². The lowest BCUT2D eigenvalue weighted by Crippen LogP contribution is -2.41. The van der Waals surface area contributed by atoms with Gasteiger partial charge in [-0.15, -0.1) is 13.2 Å². The molecule has 1 atom stereocenters. The molecule has 0 radical (unpaired) electrons. The molecule has 23 heavy (non-hydrogen) atoms. The first-order chi connectivity index (χ1) is 10.5. The summed E-state index contributed by atoms with van der Waals surface area (Å²) in [5, 5.41) is 0. The Morgan fingerprint density at radius 1 is 1.17 bits per heavy atom. The van der Waals surface area contributed by atoms with E-state index >= 15 is 0 Å². The molecule has 1 aromatic rings. The van der Waals surface area contributed by atoms with E-state index in [1.165, 1.54) is 17.0 Å². The summed E-state index contributed by atoms with van der Waals surface area (Å²) < 4.78 is 80.2. The lowest BCUT2D eigenvalue weighted by atomic mass is 9.97. The van der Waals surface area contributed by atoms with Gasteiger partial charge in [-0.3, -0.25) is 4.90 Å². The molecule has 1 unspecified atom stereocenters. The minimum Gasteiger partial charge on any atom is -0.405 e. The van der Waals surface area contributed by atoms with Crippen molar-refractivity contribution < 1.29 is 31.1 Å². The van der Waals surface area contributed by atoms with E-state index in [0.717, 1.165) is 6.07 Å². The molecule has 1 aromatic carbocycles. The van der Waals surface area contributed by atoms with Gasteiger partial charge in [0.25, 0.3) is 0 Å². The molecule has 0 aliphatic carbocycles. The Bertz CT molecular complexity index is 545. The number of halogens is 7. The molecule has 0 aromatic heterocycles. The van der Waals surface area contributed by atoms with Crippen LogP contribution in [0.3, 0.4) is 0 Å². The number of piperidine rings is 1. The Balaban J connectivity index is 2.14. The normalized spacial score (nSPS) is 20.6. The van der Waals surface area contributed by atoms with Crippen molar-refractivity contribution in [3.05, 3.63) is 28.2 Å². The standard InChI is InChI=1S/C14H14BrF6NO/c15-11-3-4-12(23-14(19,20)21)9(6-11)7-22-5-1-2-10(8-22)13(16,17)18/h3-4,6,10H,1-2,5,7-8H2. The maximum atomic E-state index is 12.8. The van der Waals surface area contributed by atoms with E-state index in [9.17, 15) is 26.3 Å². The van der Waals surface area contributed by atoms with Gasteiger partial charge in [-0.25, -0.2) is 0 Å². The zero-order valence-electron chi connectivity index (χ0n) is 11.8. The molecular weight excluding hydrogens is 392 g/mol. The number of ether oxygens (including phenoxy) is 1. The molecule has 1 fully saturated rings. The fourth-order valence-electron chi connectivity index (χ4n) is 2.60. The molecule has 1 heterocycles. The quantitative estimate of drug-likeness (QED) is 0.647. The van der Waals surface area contributed by atoms with E-state index in [-0.39, 0.29) is 25.1 Å². The van der Waals surface area contributed by atoms with Crippen LogP contribution in [0, 0.1) is 5.92 Å². The van der Waals surface area contributed by atoms with Crippen molar-refractivity contribution >= 4 is 15.9 Å². The van der Waals surface area contributed by atoms with Crippen molar-refractivity contribution in [3.63, 3.8) is 0 Å². The van der Waals surface area contributed by atoms with Gasteiger partial charge >= 0.3 is 12.5 Å². The molecule has 9 heteroatoms. The van der Waals surface area contributed by atoms with Crippen LogP contribution in [0.25, 0.3) is 0 Å². The molecule has 130 valence electrons. The third-order valence-electron chi connectivity index (χ3n) is 3.61. The summed E-state index contributed by atoms with van der Waals surface area (Å²) in [6.07, 6.45) is -8.74. The number of rotatable bonds is 3. The molecular formula is C14H14BrF6NO. The van der Waals surface area contributed by atoms with Crippen LogP contribution in [0.1, 0.15) is 18.4 Å². The zero-order chi connectivity index (χ0) is 17.3. The van der Waals surface area contributed by atoms with Crippen molar-refractivity contribution in [3.8, 4) is 5.75 Å². The summed E-state index contributed by atoms with van der Waals surface area (Å²) in [6.45, 7) is 0.156. The lowest BCUT2D eigenvalue weighted by molar-refractivity contribution is -0.275. The Kier molecular flexibility index (Phi) is 5.50. The van der Waals surface area contributed by atoms with Gasteiger partial charge in [-0.2, -0.15) is 13.2 Å². The first-order valence-electron chi connectivity index (χ1n) is 6.88. The van der Waals surface area contributed by atoms with E-state index in [1.54, 1.807) is 0 Å². The molecule has 0 spiro atoms. The molecule has 0 amide bonds. The monoisotopic (exact) mass is 405 g/mol. The highest BCUT2D eigenvalue weighted by molar-refractivity contribution is 9.10. The SMILES string of the molecule is FC(F)(F)Oc1ccc(Br)cc1CN1CCCC(C(F)(F)F)C1. The smallest absolute Gasteiger partial charge is 0.405 e. The Morgan fingerprint density at radius 3 is 2.48 bits per heavy atom. The van der Waals surface area contributed by atoms with Crippen molar-refractivity contribution in [1.29, 1.82) is 0 Å². The second-order valence-electron chi connectivity index (χ2n) is 5.42. The molecule has 0 saturated carbocycles. The molecule has 0 N–H and O–H groups in total. The summed E-state index contributed by atoms with van der Waals surface area (Å²) in [6, 6.07) is 3.97. The summed E-state index contributed by atoms with van der Waals surface area (Å²) >= 11 is 3.15. The maximum Gasteiger partial charge on any atom is 0.573 e. The van der Waals surface area contributed by atoms with Crippen LogP contribution in [0.4, 0.5) is 26.3 Å². The second-order valence-corrected chi connectivity index (χ2v) is 6.33. The number of benzene rings is 1. The van der Waals surface area contributed by atoms with Gasteiger partial charge in [0.1, 0.15) is 5.75 Å². The van der Waals surface area contributed by atoms with Crippen molar-refractivity contribution in [2.45, 2.75) is 31.9 Å².